The van der Waals surface area contributed by atoms with Crippen molar-refractivity contribution in [2.45, 2.75) is 13.3 Å². The average molecular weight is 456 g/mol. The third-order valence-electron chi connectivity index (χ3n) is 3.94. The number of carbonyl (C=O) groups is 1. The highest BCUT2D eigenvalue weighted by Crippen LogP contribution is 2.24. The van der Waals surface area contributed by atoms with Crippen LogP contribution in [-0.4, -0.2) is 20.6 Å². The number of hydrogen-bond donors (Lipinski definition) is 0. The molecule has 0 atom stereocenters. The van der Waals surface area contributed by atoms with Crippen LogP contribution in [0.4, 0.5) is 0 Å². The first-order valence-corrected chi connectivity index (χ1v) is 10.0. The van der Waals surface area contributed by atoms with Crippen LogP contribution in [0.3, 0.4) is 0 Å². The highest BCUT2D eigenvalue weighted by molar-refractivity contribution is 9.10. The van der Waals surface area contributed by atoms with Crippen molar-refractivity contribution >= 4 is 44.3 Å². The molecule has 0 amide bonds. The third-order valence-corrected chi connectivity index (χ3v) is 5.40. The summed E-state index contributed by atoms with van der Waals surface area (Å²) in [6.45, 7) is 1.34. The van der Waals surface area contributed by atoms with Crippen molar-refractivity contribution in [3.8, 4) is 5.75 Å². The number of benzene rings is 2. The van der Waals surface area contributed by atoms with Crippen molar-refractivity contribution in [1.82, 2.24) is 14.6 Å². The van der Waals surface area contributed by atoms with E-state index in [1.165, 1.54) is 22.8 Å². The van der Waals surface area contributed by atoms with E-state index in [0.717, 1.165) is 10.0 Å². The molecule has 0 saturated heterocycles. The zero-order valence-electron chi connectivity index (χ0n) is 14.8. The number of esters is 1. The minimum Gasteiger partial charge on any atom is -0.426 e. The van der Waals surface area contributed by atoms with E-state index in [1.807, 2.05) is 30.3 Å². The first kappa shape index (κ1) is 18.5. The lowest BCUT2D eigenvalue weighted by Gasteiger charge is -2.05. The number of hydrogen-bond acceptors (Lipinski definition) is 6. The van der Waals surface area contributed by atoms with E-state index in [0.29, 0.717) is 33.1 Å². The van der Waals surface area contributed by atoms with E-state index in [1.54, 1.807) is 24.3 Å². The fraction of sp³-hybridized carbons (Fsp3) is 0.100. The number of nitrogens with zero attached hydrogens (tertiary/aromatic N) is 3. The van der Waals surface area contributed by atoms with E-state index in [2.05, 4.69) is 26.0 Å². The predicted octanol–water partition coefficient (Wildman–Crippen LogP) is 2.98. The largest absolute Gasteiger partial charge is 0.426 e. The second kappa shape index (κ2) is 7.65. The van der Waals surface area contributed by atoms with Gasteiger partial charge in [0.25, 0.3) is 5.56 Å². The van der Waals surface area contributed by atoms with Crippen molar-refractivity contribution in [2.75, 3.05) is 0 Å². The highest BCUT2D eigenvalue weighted by atomic mass is 79.9. The van der Waals surface area contributed by atoms with E-state index < -0.39 is 5.97 Å². The molecule has 6 nitrogen and oxygen atoms in total. The second-order valence-corrected chi connectivity index (χ2v) is 8.00. The molecule has 0 unspecified atom stereocenters. The lowest BCUT2D eigenvalue weighted by Crippen LogP contribution is -2.24. The topological polar surface area (TPSA) is 73.6 Å². The zero-order chi connectivity index (χ0) is 19.7. The smallest absolute Gasteiger partial charge is 0.308 e. The molecule has 2 aromatic carbocycles. The van der Waals surface area contributed by atoms with E-state index in [9.17, 15) is 9.59 Å². The highest BCUT2D eigenvalue weighted by Gasteiger charge is 2.12. The summed E-state index contributed by atoms with van der Waals surface area (Å²) < 4.78 is 7.82. The van der Waals surface area contributed by atoms with Crippen LogP contribution in [0.5, 0.6) is 5.75 Å². The molecule has 0 aliphatic heterocycles. The van der Waals surface area contributed by atoms with Gasteiger partial charge in [0.2, 0.25) is 4.96 Å². The molecule has 0 N–H and O–H groups in total. The minimum absolute atomic E-state index is 0.249. The maximum atomic E-state index is 12.7. The average Bonchev–Trinajstić information content (AvgIpc) is 3.17. The molecule has 140 valence electrons. The van der Waals surface area contributed by atoms with Gasteiger partial charge in [0.05, 0.1) is 4.53 Å². The lowest BCUT2D eigenvalue weighted by atomic mass is 10.1. The number of carbonyl (C=O) groups excluding carboxylic acids is 1. The summed E-state index contributed by atoms with van der Waals surface area (Å²) in [4.78, 5) is 29.1. The quantitative estimate of drug-likeness (QED) is 0.349. The van der Waals surface area contributed by atoms with E-state index >= 15 is 0 Å². The minimum atomic E-state index is -0.424. The predicted molar refractivity (Wildman–Crippen MR) is 111 cm³/mol. The molecule has 2 aromatic heterocycles. The third kappa shape index (κ3) is 3.88. The van der Waals surface area contributed by atoms with Gasteiger partial charge in [0.1, 0.15) is 5.75 Å². The molecule has 0 aliphatic carbocycles. The first-order chi connectivity index (χ1) is 13.5. The van der Waals surface area contributed by atoms with Gasteiger partial charge in [-0.1, -0.05) is 57.6 Å². The molecule has 0 spiro atoms. The monoisotopic (exact) mass is 455 g/mol. The summed E-state index contributed by atoms with van der Waals surface area (Å²) in [6, 6.07) is 15.1. The fourth-order valence-electron chi connectivity index (χ4n) is 2.75. The second-order valence-electron chi connectivity index (χ2n) is 6.08. The number of aromatic nitrogens is 3. The number of ether oxygens (including phenoxy) is 1. The van der Waals surface area contributed by atoms with E-state index in [-0.39, 0.29) is 5.56 Å². The van der Waals surface area contributed by atoms with Gasteiger partial charge in [-0.3, -0.25) is 9.59 Å². The summed E-state index contributed by atoms with van der Waals surface area (Å²) in [5.74, 6) is 0.565. The van der Waals surface area contributed by atoms with Gasteiger partial charge in [-0.25, -0.2) is 4.98 Å². The summed E-state index contributed by atoms with van der Waals surface area (Å²) in [6.07, 6.45) is 2.25. The van der Waals surface area contributed by atoms with E-state index in [4.69, 9.17) is 4.74 Å². The van der Waals surface area contributed by atoms with Crippen LogP contribution in [0.1, 0.15) is 23.9 Å². The Bertz CT molecular complexity index is 1280. The number of rotatable bonds is 4. The SMILES string of the molecule is CC(=O)Oc1ccc(Br)cc1/C=c1\sc2nc(Cc3ccccc3)nn2c1=O. The van der Waals surface area contributed by atoms with Gasteiger partial charge < -0.3 is 4.74 Å². The molecule has 4 rings (SSSR count). The maximum Gasteiger partial charge on any atom is 0.308 e. The molecular weight excluding hydrogens is 442 g/mol. The maximum absolute atomic E-state index is 12.7. The van der Waals surface area contributed by atoms with Crippen molar-refractivity contribution in [3.05, 3.63) is 84.8 Å². The molecule has 0 radical (unpaired) electrons. The number of thiazole rings is 1. The molecule has 2 heterocycles. The van der Waals surface area contributed by atoms with Gasteiger partial charge in [0.15, 0.2) is 5.82 Å². The molecule has 0 aliphatic rings. The Morgan fingerprint density at radius 2 is 2.04 bits per heavy atom. The Labute approximate surface area is 172 Å². The van der Waals surface area contributed by atoms with Gasteiger partial charge in [0, 0.05) is 23.4 Å². The molecule has 4 aromatic rings. The zero-order valence-corrected chi connectivity index (χ0v) is 17.2. The van der Waals surface area contributed by atoms with Gasteiger partial charge in [-0.05, 0) is 29.8 Å². The van der Waals surface area contributed by atoms with Gasteiger partial charge >= 0.3 is 5.97 Å². The van der Waals surface area contributed by atoms with Crippen LogP contribution in [-0.2, 0) is 11.2 Å². The number of fused-ring (bicyclic) bond motifs is 1. The van der Waals surface area contributed by atoms with Crippen LogP contribution in [0, 0.1) is 0 Å². The van der Waals surface area contributed by atoms with Gasteiger partial charge in [-0.15, -0.1) is 5.10 Å². The summed E-state index contributed by atoms with van der Waals surface area (Å²) >= 11 is 4.65. The molecule has 0 fully saturated rings. The van der Waals surface area contributed by atoms with Crippen LogP contribution in [0.25, 0.3) is 11.0 Å². The Morgan fingerprint density at radius 1 is 1.25 bits per heavy atom. The van der Waals surface area contributed by atoms with Gasteiger partial charge in [-0.2, -0.15) is 4.52 Å². The molecular formula is C20H14BrN3O3S. The Kier molecular flexibility index (Phi) is 5.06. The first-order valence-electron chi connectivity index (χ1n) is 8.41. The summed E-state index contributed by atoms with van der Waals surface area (Å²) in [7, 11) is 0. The summed E-state index contributed by atoms with van der Waals surface area (Å²) in [5.41, 5.74) is 1.45. The number of halogens is 1. The fourth-order valence-corrected chi connectivity index (χ4v) is 4.05. The van der Waals surface area contributed by atoms with Crippen molar-refractivity contribution in [3.63, 3.8) is 0 Å². The van der Waals surface area contributed by atoms with Crippen molar-refractivity contribution < 1.29 is 9.53 Å². The molecule has 0 bridgehead atoms. The van der Waals surface area contributed by atoms with Crippen molar-refractivity contribution in [1.29, 1.82) is 0 Å². The normalized spacial score (nSPS) is 11.9. The Hall–Kier alpha value is -2.84. The van der Waals surface area contributed by atoms with Crippen molar-refractivity contribution in [2.24, 2.45) is 0 Å². The Balaban J connectivity index is 1.73. The van der Waals surface area contributed by atoms with Crippen LogP contribution < -0.4 is 14.8 Å². The summed E-state index contributed by atoms with van der Waals surface area (Å²) in [5, 5.41) is 4.35. The molecule has 28 heavy (non-hydrogen) atoms. The lowest BCUT2D eigenvalue weighted by molar-refractivity contribution is -0.131. The molecule has 8 heteroatoms. The Morgan fingerprint density at radius 3 is 2.75 bits per heavy atom. The standard InChI is InChI=1S/C20H14BrN3O3S/c1-12(25)27-16-8-7-15(21)10-14(16)11-17-19(26)24-20(28-17)22-18(23-24)9-13-5-3-2-4-6-13/h2-8,10-11H,9H2,1H3/b17-11-. The molecule has 0 saturated carbocycles. The van der Waals surface area contributed by atoms with Crippen LogP contribution in [0.2, 0.25) is 0 Å². The van der Waals surface area contributed by atoms with Crippen LogP contribution in [0.15, 0.2) is 57.8 Å². The van der Waals surface area contributed by atoms with Crippen LogP contribution >= 0.6 is 27.3 Å².